The minimum absolute atomic E-state index is 0.00535. The summed E-state index contributed by atoms with van der Waals surface area (Å²) in [6.45, 7) is -2.89. The minimum atomic E-state index is -2.89. The number of nitrogens with zero attached hydrogens (tertiary/aromatic N) is 1. The van der Waals surface area contributed by atoms with Crippen LogP contribution in [0, 0.1) is 0 Å². The lowest BCUT2D eigenvalue weighted by Gasteiger charge is -2.05. The van der Waals surface area contributed by atoms with E-state index < -0.39 is 6.61 Å². The number of carbonyl (C=O) groups excluding carboxylic acids is 1. The number of anilines is 1. The van der Waals surface area contributed by atoms with Gasteiger partial charge in [0.25, 0.3) is 5.91 Å². The third-order valence-electron chi connectivity index (χ3n) is 2.84. The second-order valence-electron chi connectivity index (χ2n) is 4.37. The molecule has 4 nitrogen and oxygen atoms in total. The van der Waals surface area contributed by atoms with Gasteiger partial charge in [0.2, 0.25) is 0 Å². The zero-order valence-corrected chi connectivity index (χ0v) is 13.2. The monoisotopic (exact) mass is 352 g/mol. The zero-order valence-electron chi connectivity index (χ0n) is 11.5. The van der Waals surface area contributed by atoms with Crippen LogP contribution in [0.3, 0.4) is 0 Å². The Kier molecular flexibility index (Phi) is 4.63. The molecular weight excluding hydrogens is 342 g/mol. The molecule has 0 aliphatic heterocycles. The maximum Gasteiger partial charge on any atom is 0.387 e. The fourth-order valence-electron chi connectivity index (χ4n) is 1.83. The standard InChI is InChI=1S/C15H10F2N2O2S2/c16-14(17)21-10-5-3-9(4-6-10)13(20)19-15-18-11(8-23-15)12-2-1-7-22-12/h1-8,14H,(H,18,19,20). The first-order chi connectivity index (χ1) is 11.1. The van der Waals surface area contributed by atoms with Crippen molar-refractivity contribution in [1.82, 2.24) is 4.98 Å². The molecular formula is C15H10F2N2O2S2. The third-order valence-corrected chi connectivity index (χ3v) is 4.49. The normalized spacial score (nSPS) is 10.7. The molecule has 0 saturated carbocycles. The Morgan fingerprint density at radius 3 is 2.61 bits per heavy atom. The first-order valence-corrected chi connectivity index (χ1v) is 8.23. The molecule has 2 aromatic heterocycles. The molecule has 1 aromatic carbocycles. The first-order valence-electron chi connectivity index (χ1n) is 6.47. The van der Waals surface area contributed by atoms with E-state index in [-0.39, 0.29) is 11.7 Å². The van der Waals surface area contributed by atoms with E-state index in [4.69, 9.17) is 0 Å². The molecule has 3 aromatic rings. The van der Waals surface area contributed by atoms with Crippen LogP contribution in [-0.2, 0) is 0 Å². The molecule has 1 N–H and O–H groups in total. The Morgan fingerprint density at radius 2 is 1.96 bits per heavy atom. The summed E-state index contributed by atoms with van der Waals surface area (Å²) in [6, 6.07) is 9.36. The molecule has 118 valence electrons. The van der Waals surface area contributed by atoms with Crippen LogP contribution in [-0.4, -0.2) is 17.5 Å². The third kappa shape index (κ3) is 3.91. The number of ether oxygens (including phenoxy) is 1. The number of hydrogen-bond donors (Lipinski definition) is 1. The molecule has 0 spiro atoms. The molecule has 0 saturated heterocycles. The Balaban J connectivity index is 1.67. The van der Waals surface area contributed by atoms with Crippen LogP contribution in [0.5, 0.6) is 5.75 Å². The number of nitrogens with one attached hydrogen (secondary N) is 1. The van der Waals surface area contributed by atoms with Gasteiger partial charge in [0, 0.05) is 10.9 Å². The Labute approximate surface area is 138 Å². The molecule has 1 amide bonds. The number of rotatable bonds is 5. The van der Waals surface area contributed by atoms with Crippen molar-refractivity contribution in [3.05, 3.63) is 52.7 Å². The highest BCUT2D eigenvalue weighted by Crippen LogP contribution is 2.28. The van der Waals surface area contributed by atoms with Crippen LogP contribution in [0.4, 0.5) is 13.9 Å². The Morgan fingerprint density at radius 1 is 1.17 bits per heavy atom. The quantitative estimate of drug-likeness (QED) is 0.722. The highest BCUT2D eigenvalue weighted by Gasteiger charge is 2.11. The van der Waals surface area contributed by atoms with Gasteiger partial charge >= 0.3 is 6.61 Å². The number of aromatic nitrogens is 1. The summed E-state index contributed by atoms with van der Waals surface area (Å²) in [4.78, 5) is 17.5. The average Bonchev–Trinajstić information content (AvgIpc) is 3.18. The van der Waals surface area contributed by atoms with Gasteiger partial charge in [-0.25, -0.2) is 4.98 Å². The number of benzene rings is 1. The number of hydrogen-bond acceptors (Lipinski definition) is 5. The summed E-state index contributed by atoms with van der Waals surface area (Å²) in [5, 5.41) is 6.98. The summed E-state index contributed by atoms with van der Waals surface area (Å²) >= 11 is 2.89. The highest BCUT2D eigenvalue weighted by molar-refractivity contribution is 7.16. The van der Waals surface area contributed by atoms with Crippen molar-refractivity contribution in [2.75, 3.05) is 5.32 Å². The number of alkyl halides is 2. The Bertz CT molecular complexity index is 786. The lowest BCUT2D eigenvalue weighted by molar-refractivity contribution is -0.0498. The second-order valence-corrected chi connectivity index (χ2v) is 6.18. The van der Waals surface area contributed by atoms with Crippen molar-refractivity contribution in [3.8, 4) is 16.3 Å². The highest BCUT2D eigenvalue weighted by atomic mass is 32.1. The number of amides is 1. The molecule has 0 bridgehead atoms. The molecule has 23 heavy (non-hydrogen) atoms. The van der Waals surface area contributed by atoms with Crippen LogP contribution in [0.25, 0.3) is 10.6 Å². The average molecular weight is 352 g/mol. The number of carbonyl (C=O) groups is 1. The van der Waals surface area contributed by atoms with Crippen LogP contribution < -0.4 is 10.1 Å². The largest absolute Gasteiger partial charge is 0.435 e. The Hall–Kier alpha value is -2.32. The summed E-state index contributed by atoms with van der Waals surface area (Å²) in [7, 11) is 0. The van der Waals surface area contributed by atoms with Gasteiger partial charge in [0.15, 0.2) is 5.13 Å². The van der Waals surface area contributed by atoms with E-state index >= 15 is 0 Å². The van der Waals surface area contributed by atoms with Crippen molar-refractivity contribution >= 4 is 33.7 Å². The van der Waals surface area contributed by atoms with Gasteiger partial charge in [-0.3, -0.25) is 10.1 Å². The topological polar surface area (TPSA) is 51.2 Å². The second kappa shape index (κ2) is 6.84. The van der Waals surface area contributed by atoms with E-state index in [0.29, 0.717) is 10.7 Å². The minimum Gasteiger partial charge on any atom is -0.435 e. The van der Waals surface area contributed by atoms with Gasteiger partial charge in [-0.1, -0.05) is 6.07 Å². The van der Waals surface area contributed by atoms with Crippen LogP contribution in [0.2, 0.25) is 0 Å². The van der Waals surface area contributed by atoms with E-state index in [1.807, 2.05) is 22.9 Å². The molecule has 0 aliphatic carbocycles. The smallest absolute Gasteiger partial charge is 0.387 e. The van der Waals surface area contributed by atoms with E-state index in [2.05, 4.69) is 15.0 Å². The van der Waals surface area contributed by atoms with Crippen molar-refractivity contribution in [1.29, 1.82) is 0 Å². The zero-order chi connectivity index (χ0) is 16.2. The van der Waals surface area contributed by atoms with Gasteiger partial charge in [0.05, 0.1) is 10.6 Å². The van der Waals surface area contributed by atoms with Crippen molar-refractivity contribution in [3.63, 3.8) is 0 Å². The van der Waals surface area contributed by atoms with E-state index in [9.17, 15) is 13.6 Å². The van der Waals surface area contributed by atoms with Crippen molar-refractivity contribution in [2.45, 2.75) is 6.61 Å². The predicted octanol–water partition coefficient (Wildman–Crippen LogP) is 4.73. The van der Waals surface area contributed by atoms with Gasteiger partial charge in [-0.2, -0.15) is 8.78 Å². The molecule has 0 radical (unpaired) electrons. The first kappa shape index (κ1) is 15.6. The van der Waals surface area contributed by atoms with Gasteiger partial charge in [0.1, 0.15) is 5.75 Å². The lowest BCUT2D eigenvalue weighted by atomic mass is 10.2. The van der Waals surface area contributed by atoms with Crippen molar-refractivity contribution in [2.24, 2.45) is 0 Å². The summed E-state index contributed by atoms with van der Waals surface area (Å²) in [6.07, 6.45) is 0. The number of thiophene rings is 1. The maximum atomic E-state index is 12.1. The summed E-state index contributed by atoms with van der Waals surface area (Å²) < 4.78 is 28.4. The fourth-order valence-corrected chi connectivity index (χ4v) is 3.29. The SMILES string of the molecule is O=C(Nc1nc(-c2cccs2)cs1)c1ccc(OC(F)F)cc1. The van der Waals surface area contributed by atoms with Gasteiger partial charge in [-0.15, -0.1) is 22.7 Å². The van der Waals surface area contributed by atoms with E-state index in [0.717, 1.165) is 10.6 Å². The molecule has 0 fully saturated rings. The lowest BCUT2D eigenvalue weighted by Crippen LogP contribution is -2.11. The maximum absolute atomic E-state index is 12.1. The summed E-state index contributed by atoms with van der Waals surface area (Å²) in [5.41, 5.74) is 1.14. The molecule has 0 aliphatic rings. The number of thiazole rings is 1. The van der Waals surface area contributed by atoms with Gasteiger partial charge in [-0.05, 0) is 35.7 Å². The predicted molar refractivity (Wildman–Crippen MR) is 86.5 cm³/mol. The molecule has 8 heteroatoms. The van der Waals surface area contributed by atoms with Crippen LogP contribution >= 0.6 is 22.7 Å². The molecule has 0 atom stereocenters. The van der Waals surface area contributed by atoms with E-state index in [1.54, 1.807) is 11.3 Å². The summed E-state index contributed by atoms with van der Waals surface area (Å²) in [5.74, 6) is -0.355. The molecule has 3 rings (SSSR count). The fraction of sp³-hybridized carbons (Fsp3) is 0.0667. The number of halogens is 2. The van der Waals surface area contributed by atoms with Crippen LogP contribution in [0.15, 0.2) is 47.2 Å². The van der Waals surface area contributed by atoms with E-state index in [1.165, 1.54) is 35.6 Å². The van der Waals surface area contributed by atoms with Crippen LogP contribution in [0.1, 0.15) is 10.4 Å². The van der Waals surface area contributed by atoms with Gasteiger partial charge < -0.3 is 4.74 Å². The molecule has 2 heterocycles. The molecule has 0 unspecified atom stereocenters. The van der Waals surface area contributed by atoms with Crippen molar-refractivity contribution < 1.29 is 18.3 Å².